The van der Waals surface area contributed by atoms with E-state index in [9.17, 15) is 14.9 Å². The molecule has 0 bridgehead atoms. The van der Waals surface area contributed by atoms with Crippen LogP contribution >= 0.6 is 0 Å². The lowest BCUT2D eigenvalue weighted by molar-refractivity contribution is -0.384. The monoisotopic (exact) mass is 394 g/mol. The number of hydrogen-bond donors (Lipinski definition) is 2. The predicted octanol–water partition coefficient (Wildman–Crippen LogP) is 3.43. The minimum atomic E-state index is -0.472. The highest BCUT2D eigenvalue weighted by atomic mass is 16.6. The van der Waals surface area contributed by atoms with Crippen molar-refractivity contribution in [2.75, 3.05) is 19.0 Å². The molecule has 148 valence electrons. The molecule has 0 aliphatic carbocycles. The summed E-state index contributed by atoms with van der Waals surface area (Å²) in [5.41, 5.74) is 3.37. The summed E-state index contributed by atoms with van der Waals surface area (Å²) < 4.78 is 10.8. The fraction of sp³-hybridized carbons (Fsp3) is 0.100. The van der Waals surface area contributed by atoms with Gasteiger partial charge in [0.25, 0.3) is 11.6 Å². The highest BCUT2D eigenvalue weighted by molar-refractivity contribution is 5.84. The molecule has 0 fully saturated rings. The Kier molecular flexibility index (Phi) is 6.21. The summed E-state index contributed by atoms with van der Waals surface area (Å²) in [5.74, 6) is 0.943. The number of methoxy groups -OCH3 is 1. The number of nitro benzene ring substituents is 1. The third-order valence-electron chi connectivity index (χ3n) is 3.92. The minimum absolute atomic E-state index is 0.00265. The van der Waals surface area contributed by atoms with Gasteiger partial charge >= 0.3 is 0 Å². The van der Waals surface area contributed by atoms with E-state index in [0.717, 1.165) is 0 Å². The molecule has 9 heteroatoms. The number of nitro groups is 1. The number of para-hydroxylation sites is 3. The summed E-state index contributed by atoms with van der Waals surface area (Å²) in [7, 11) is 1.55. The van der Waals surface area contributed by atoms with Gasteiger partial charge in [-0.25, -0.2) is 5.43 Å². The van der Waals surface area contributed by atoms with Crippen LogP contribution in [0.5, 0.6) is 5.75 Å². The van der Waals surface area contributed by atoms with Crippen molar-refractivity contribution in [3.8, 4) is 17.1 Å². The molecular weight excluding hydrogens is 376 g/mol. The third kappa shape index (κ3) is 4.98. The van der Waals surface area contributed by atoms with Crippen LogP contribution in [-0.2, 0) is 4.79 Å². The van der Waals surface area contributed by atoms with E-state index in [1.54, 1.807) is 49.6 Å². The molecule has 0 saturated heterocycles. The number of anilines is 1. The van der Waals surface area contributed by atoms with Gasteiger partial charge in [-0.2, -0.15) is 5.10 Å². The number of benzene rings is 2. The van der Waals surface area contributed by atoms with Gasteiger partial charge in [-0.05, 0) is 30.3 Å². The van der Waals surface area contributed by atoms with Crippen molar-refractivity contribution in [3.05, 3.63) is 76.5 Å². The average molecular weight is 394 g/mol. The lowest BCUT2D eigenvalue weighted by Crippen LogP contribution is -2.26. The first-order valence-electron chi connectivity index (χ1n) is 8.61. The maximum Gasteiger partial charge on any atom is 0.280 e. The lowest BCUT2D eigenvalue weighted by atomic mass is 10.1. The number of ether oxygens (including phenoxy) is 1. The van der Waals surface area contributed by atoms with Crippen molar-refractivity contribution in [3.63, 3.8) is 0 Å². The summed E-state index contributed by atoms with van der Waals surface area (Å²) in [6.45, 7) is -0.00265. The van der Waals surface area contributed by atoms with Gasteiger partial charge in [0.15, 0.2) is 0 Å². The van der Waals surface area contributed by atoms with Gasteiger partial charge in [0, 0.05) is 6.07 Å². The number of amides is 1. The number of nitrogens with one attached hydrogen (secondary N) is 2. The molecule has 0 radical (unpaired) electrons. The molecule has 0 atom stereocenters. The average Bonchev–Trinajstić information content (AvgIpc) is 3.21. The van der Waals surface area contributed by atoms with Crippen LogP contribution in [0.25, 0.3) is 11.3 Å². The Bertz CT molecular complexity index is 1040. The van der Waals surface area contributed by atoms with Crippen LogP contribution in [0.15, 0.2) is 70.2 Å². The van der Waals surface area contributed by atoms with Gasteiger partial charge < -0.3 is 14.5 Å². The highest BCUT2D eigenvalue weighted by Gasteiger charge is 2.16. The largest absolute Gasteiger partial charge is 0.495 e. The second kappa shape index (κ2) is 9.18. The molecule has 3 aromatic rings. The fourth-order valence-electron chi connectivity index (χ4n) is 2.58. The van der Waals surface area contributed by atoms with Crippen LogP contribution < -0.4 is 15.5 Å². The Balaban J connectivity index is 1.58. The Hall–Kier alpha value is -4.14. The molecule has 1 aromatic heterocycles. The maximum atomic E-state index is 11.9. The van der Waals surface area contributed by atoms with Crippen LogP contribution in [-0.4, -0.2) is 30.7 Å². The van der Waals surface area contributed by atoms with Crippen LogP contribution in [0.1, 0.15) is 5.76 Å². The number of furan rings is 1. The van der Waals surface area contributed by atoms with E-state index in [4.69, 9.17) is 9.15 Å². The number of hydrazone groups is 1. The van der Waals surface area contributed by atoms with Crippen LogP contribution in [0.4, 0.5) is 11.4 Å². The highest BCUT2D eigenvalue weighted by Crippen LogP contribution is 2.30. The minimum Gasteiger partial charge on any atom is -0.495 e. The van der Waals surface area contributed by atoms with Gasteiger partial charge in [-0.15, -0.1) is 0 Å². The SMILES string of the molecule is COc1ccccc1NCC(=O)NN=Cc1ccc(-c2ccccc2[N+](=O)[O-])o1. The molecule has 2 N–H and O–H groups in total. The zero-order valence-electron chi connectivity index (χ0n) is 15.5. The van der Waals surface area contributed by atoms with Gasteiger partial charge in [0.1, 0.15) is 17.3 Å². The molecule has 1 amide bonds. The molecule has 3 rings (SSSR count). The number of nitrogens with zero attached hydrogens (tertiary/aromatic N) is 2. The van der Waals surface area contributed by atoms with Gasteiger partial charge in [0.05, 0.1) is 36.0 Å². The van der Waals surface area contributed by atoms with Crippen LogP contribution in [0.3, 0.4) is 0 Å². The zero-order valence-corrected chi connectivity index (χ0v) is 15.5. The molecule has 0 spiro atoms. The Labute approximate surface area is 166 Å². The van der Waals surface area contributed by atoms with Gasteiger partial charge in [-0.3, -0.25) is 14.9 Å². The van der Waals surface area contributed by atoms with Crippen molar-refractivity contribution in [2.24, 2.45) is 5.10 Å². The molecule has 0 aliphatic rings. The summed E-state index contributed by atoms with van der Waals surface area (Å²) in [6, 6.07) is 16.7. The van der Waals surface area contributed by atoms with E-state index in [0.29, 0.717) is 28.5 Å². The van der Waals surface area contributed by atoms with Gasteiger partial charge in [0.2, 0.25) is 0 Å². The van der Waals surface area contributed by atoms with Crippen molar-refractivity contribution >= 4 is 23.5 Å². The number of carbonyl (C=O) groups excluding carboxylic acids is 1. The summed E-state index contributed by atoms with van der Waals surface area (Å²) in [5, 5.41) is 17.9. The van der Waals surface area contributed by atoms with Crippen LogP contribution in [0, 0.1) is 10.1 Å². The smallest absolute Gasteiger partial charge is 0.280 e. The fourth-order valence-corrected chi connectivity index (χ4v) is 2.58. The number of hydrogen-bond acceptors (Lipinski definition) is 7. The second-order valence-corrected chi connectivity index (χ2v) is 5.82. The van der Waals surface area contributed by atoms with Crippen LogP contribution in [0.2, 0.25) is 0 Å². The number of rotatable bonds is 8. The molecule has 9 nitrogen and oxygen atoms in total. The topological polar surface area (TPSA) is 119 Å². The van der Waals surface area contributed by atoms with E-state index in [-0.39, 0.29) is 18.1 Å². The molecular formula is C20H18N4O5. The van der Waals surface area contributed by atoms with Crippen molar-refractivity contribution in [1.29, 1.82) is 0 Å². The Morgan fingerprint density at radius 2 is 1.93 bits per heavy atom. The molecule has 0 unspecified atom stereocenters. The van der Waals surface area contributed by atoms with E-state index < -0.39 is 4.92 Å². The molecule has 0 saturated carbocycles. The first kappa shape index (κ1) is 19.6. The Morgan fingerprint density at radius 3 is 2.72 bits per heavy atom. The summed E-state index contributed by atoms with van der Waals surface area (Å²) in [6.07, 6.45) is 1.32. The first-order chi connectivity index (χ1) is 14.1. The number of carbonyl (C=O) groups is 1. The maximum absolute atomic E-state index is 11.9. The molecule has 2 aromatic carbocycles. The Morgan fingerprint density at radius 1 is 1.17 bits per heavy atom. The predicted molar refractivity (Wildman–Crippen MR) is 108 cm³/mol. The molecule has 0 aliphatic heterocycles. The van der Waals surface area contributed by atoms with Crippen molar-refractivity contribution in [1.82, 2.24) is 5.43 Å². The first-order valence-corrected chi connectivity index (χ1v) is 8.61. The van der Waals surface area contributed by atoms with E-state index in [1.807, 2.05) is 12.1 Å². The molecule has 1 heterocycles. The quantitative estimate of drug-likeness (QED) is 0.343. The van der Waals surface area contributed by atoms with E-state index >= 15 is 0 Å². The van der Waals surface area contributed by atoms with Crippen molar-refractivity contribution in [2.45, 2.75) is 0 Å². The van der Waals surface area contributed by atoms with E-state index in [2.05, 4.69) is 15.8 Å². The van der Waals surface area contributed by atoms with E-state index in [1.165, 1.54) is 12.3 Å². The van der Waals surface area contributed by atoms with Crippen molar-refractivity contribution < 1.29 is 18.9 Å². The molecule has 29 heavy (non-hydrogen) atoms. The zero-order chi connectivity index (χ0) is 20.6. The second-order valence-electron chi connectivity index (χ2n) is 5.82. The van der Waals surface area contributed by atoms with Gasteiger partial charge in [-0.1, -0.05) is 24.3 Å². The lowest BCUT2D eigenvalue weighted by Gasteiger charge is -2.09. The summed E-state index contributed by atoms with van der Waals surface area (Å²) in [4.78, 5) is 22.6. The normalized spacial score (nSPS) is 10.7. The third-order valence-corrected chi connectivity index (χ3v) is 3.92. The standard InChI is InChI=1S/C20H18N4O5/c1-28-19-9-5-3-7-16(19)21-13-20(25)23-22-12-14-10-11-18(29-14)15-6-2-4-8-17(15)24(26)27/h2-12,21H,13H2,1H3,(H,23,25). The summed E-state index contributed by atoms with van der Waals surface area (Å²) >= 11 is 0.